The molecule has 2 rings (SSSR count). The summed E-state index contributed by atoms with van der Waals surface area (Å²) in [6, 6.07) is 6.63. The third kappa shape index (κ3) is 4.99. The number of nitrogens with one attached hydrogen (secondary N) is 1. The molecule has 4 nitrogen and oxygen atoms in total. The molecule has 0 radical (unpaired) electrons. The minimum atomic E-state index is 0.778. The van der Waals surface area contributed by atoms with Gasteiger partial charge in [-0.25, -0.2) is 0 Å². The lowest BCUT2D eigenvalue weighted by Crippen LogP contribution is -2.29. The molecule has 1 aliphatic rings. The summed E-state index contributed by atoms with van der Waals surface area (Å²) < 4.78 is 10.4. The first-order chi connectivity index (χ1) is 10.3. The van der Waals surface area contributed by atoms with Gasteiger partial charge in [-0.05, 0) is 36.5 Å². The van der Waals surface area contributed by atoms with Crippen LogP contribution in [0.25, 0.3) is 0 Å². The van der Waals surface area contributed by atoms with E-state index < -0.39 is 0 Å². The molecule has 1 aliphatic heterocycles. The van der Waals surface area contributed by atoms with E-state index in [2.05, 4.69) is 28.4 Å². The molecule has 0 saturated heterocycles. The van der Waals surface area contributed by atoms with Gasteiger partial charge in [0.2, 0.25) is 0 Å². The van der Waals surface area contributed by atoms with E-state index in [9.17, 15) is 0 Å². The largest absolute Gasteiger partial charge is 0.385 e. The maximum absolute atomic E-state index is 5.24. The highest BCUT2D eigenvalue weighted by molar-refractivity contribution is 5.56. The first-order valence-corrected chi connectivity index (χ1v) is 7.90. The number of hydrogen-bond donors (Lipinski definition) is 1. The van der Waals surface area contributed by atoms with Crippen molar-refractivity contribution in [3.8, 4) is 0 Å². The molecule has 1 aromatic rings. The third-order valence-corrected chi connectivity index (χ3v) is 4.02. The second kappa shape index (κ2) is 9.03. The van der Waals surface area contributed by atoms with Crippen LogP contribution in [-0.2, 0) is 22.4 Å². The quantitative estimate of drug-likeness (QED) is 0.709. The van der Waals surface area contributed by atoms with Crippen molar-refractivity contribution in [1.29, 1.82) is 0 Å². The molecule has 0 fully saturated rings. The van der Waals surface area contributed by atoms with Gasteiger partial charge in [0, 0.05) is 52.7 Å². The van der Waals surface area contributed by atoms with Crippen LogP contribution in [0.4, 0.5) is 5.69 Å². The zero-order valence-corrected chi connectivity index (χ0v) is 13.4. The Bertz CT molecular complexity index is 423. The fourth-order valence-corrected chi connectivity index (χ4v) is 2.90. The number of fused-ring (bicyclic) bond motifs is 1. The number of ether oxygens (including phenoxy) is 2. The Morgan fingerprint density at radius 2 is 2.00 bits per heavy atom. The van der Waals surface area contributed by atoms with Crippen LogP contribution in [0.1, 0.15) is 24.0 Å². The van der Waals surface area contributed by atoms with Gasteiger partial charge in [0.25, 0.3) is 0 Å². The van der Waals surface area contributed by atoms with Crippen LogP contribution in [0.5, 0.6) is 0 Å². The van der Waals surface area contributed by atoms with Gasteiger partial charge in [0.1, 0.15) is 0 Å². The molecule has 0 bridgehead atoms. The Hall–Kier alpha value is -1.10. The molecule has 0 spiro atoms. The second-order valence-corrected chi connectivity index (χ2v) is 5.59. The van der Waals surface area contributed by atoms with Crippen molar-refractivity contribution in [3.63, 3.8) is 0 Å². The summed E-state index contributed by atoms with van der Waals surface area (Å²) in [5.41, 5.74) is 4.27. The van der Waals surface area contributed by atoms with Gasteiger partial charge in [0.15, 0.2) is 0 Å². The SMILES string of the molecule is COCCCN(CCOC)Cc1cccc2c1CCCN2. The van der Waals surface area contributed by atoms with Crippen molar-refractivity contribution in [2.24, 2.45) is 0 Å². The summed E-state index contributed by atoms with van der Waals surface area (Å²) in [5, 5.41) is 3.51. The van der Waals surface area contributed by atoms with Crippen LogP contribution in [-0.4, -0.2) is 52.0 Å². The highest BCUT2D eigenvalue weighted by atomic mass is 16.5. The summed E-state index contributed by atoms with van der Waals surface area (Å²) >= 11 is 0. The molecule has 1 N–H and O–H groups in total. The summed E-state index contributed by atoms with van der Waals surface area (Å²) in [6.45, 7) is 5.71. The first kappa shape index (κ1) is 16.3. The van der Waals surface area contributed by atoms with Crippen molar-refractivity contribution in [3.05, 3.63) is 29.3 Å². The van der Waals surface area contributed by atoms with Crippen molar-refractivity contribution in [1.82, 2.24) is 4.90 Å². The molecular formula is C17H28N2O2. The minimum absolute atomic E-state index is 0.778. The van der Waals surface area contributed by atoms with E-state index in [1.807, 2.05) is 0 Å². The van der Waals surface area contributed by atoms with Gasteiger partial charge in [-0.2, -0.15) is 0 Å². The molecule has 118 valence electrons. The zero-order chi connectivity index (χ0) is 14.9. The number of hydrogen-bond acceptors (Lipinski definition) is 4. The van der Waals surface area contributed by atoms with Crippen LogP contribution < -0.4 is 5.32 Å². The van der Waals surface area contributed by atoms with Gasteiger partial charge in [-0.15, -0.1) is 0 Å². The Labute approximate surface area is 128 Å². The van der Waals surface area contributed by atoms with Gasteiger partial charge in [0.05, 0.1) is 6.61 Å². The van der Waals surface area contributed by atoms with E-state index in [4.69, 9.17) is 9.47 Å². The normalized spacial score (nSPS) is 14.0. The summed E-state index contributed by atoms with van der Waals surface area (Å²) in [4.78, 5) is 2.47. The minimum Gasteiger partial charge on any atom is -0.385 e. The molecule has 0 aliphatic carbocycles. The molecule has 0 atom stereocenters. The van der Waals surface area contributed by atoms with E-state index in [-0.39, 0.29) is 0 Å². The fraction of sp³-hybridized carbons (Fsp3) is 0.647. The Morgan fingerprint density at radius 1 is 1.14 bits per heavy atom. The average Bonchev–Trinajstić information content (AvgIpc) is 2.53. The van der Waals surface area contributed by atoms with Crippen molar-refractivity contribution in [2.45, 2.75) is 25.8 Å². The standard InChI is InChI=1S/C17H28N2O2/c1-20-12-5-10-19(11-13-21-2)14-15-6-3-8-17-16(15)7-4-9-18-17/h3,6,8,18H,4-5,7,9-14H2,1-2H3. The fourth-order valence-electron chi connectivity index (χ4n) is 2.90. The third-order valence-electron chi connectivity index (χ3n) is 4.02. The molecule has 1 heterocycles. The van der Waals surface area contributed by atoms with Gasteiger partial charge in [-0.3, -0.25) is 4.90 Å². The Balaban J connectivity index is 2.01. The van der Waals surface area contributed by atoms with Crippen LogP contribution in [0, 0.1) is 0 Å². The van der Waals surface area contributed by atoms with Gasteiger partial charge < -0.3 is 14.8 Å². The molecule has 1 aromatic carbocycles. The van der Waals surface area contributed by atoms with Gasteiger partial charge >= 0.3 is 0 Å². The monoisotopic (exact) mass is 292 g/mol. The number of methoxy groups -OCH3 is 2. The first-order valence-electron chi connectivity index (χ1n) is 7.90. The number of anilines is 1. The van der Waals surface area contributed by atoms with Crippen molar-refractivity contribution in [2.75, 3.05) is 52.4 Å². The molecule has 0 saturated carbocycles. The number of rotatable bonds is 9. The predicted molar refractivity (Wildman–Crippen MR) is 86.9 cm³/mol. The molecule has 4 heteroatoms. The van der Waals surface area contributed by atoms with Crippen molar-refractivity contribution < 1.29 is 9.47 Å². The van der Waals surface area contributed by atoms with Crippen LogP contribution in [0.2, 0.25) is 0 Å². The molecular weight excluding hydrogens is 264 g/mol. The Kier molecular flexibility index (Phi) is 7.00. The van der Waals surface area contributed by atoms with Crippen LogP contribution >= 0.6 is 0 Å². The zero-order valence-electron chi connectivity index (χ0n) is 13.4. The Morgan fingerprint density at radius 3 is 2.81 bits per heavy atom. The topological polar surface area (TPSA) is 33.7 Å². The van der Waals surface area contributed by atoms with E-state index >= 15 is 0 Å². The van der Waals surface area contributed by atoms with E-state index in [0.717, 1.165) is 45.8 Å². The smallest absolute Gasteiger partial charge is 0.0589 e. The lowest BCUT2D eigenvalue weighted by molar-refractivity contribution is 0.129. The number of benzene rings is 1. The summed E-state index contributed by atoms with van der Waals surface area (Å²) in [6.07, 6.45) is 3.48. The second-order valence-electron chi connectivity index (χ2n) is 5.59. The molecule has 0 unspecified atom stereocenters. The molecule has 0 amide bonds. The maximum atomic E-state index is 5.24. The van der Waals surface area contributed by atoms with Crippen LogP contribution in [0.15, 0.2) is 18.2 Å². The summed E-state index contributed by atoms with van der Waals surface area (Å²) in [7, 11) is 3.53. The summed E-state index contributed by atoms with van der Waals surface area (Å²) in [5.74, 6) is 0. The van der Waals surface area contributed by atoms with E-state index in [1.165, 1.54) is 29.7 Å². The average molecular weight is 292 g/mol. The highest BCUT2D eigenvalue weighted by Gasteiger charge is 2.14. The lowest BCUT2D eigenvalue weighted by atomic mass is 9.97. The van der Waals surface area contributed by atoms with E-state index in [0.29, 0.717) is 0 Å². The van der Waals surface area contributed by atoms with Crippen molar-refractivity contribution >= 4 is 5.69 Å². The van der Waals surface area contributed by atoms with Crippen LogP contribution in [0.3, 0.4) is 0 Å². The lowest BCUT2D eigenvalue weighted by Gasteiger charge is -2.26. The molecule has 21 heavy (non-hydrogen) atoms. The molecule has 0 aromatic heterocycles. The predicted octanol–water partition coefficient (Wildman–Crippen LogP) is 2.53. The van der Waals surface area contributed by atoms with Gasteiger partial charge in [-0.1, -0.05) is 12.1 Å². The van der Waals surface area contributed by atoms with E-state index in [1.54, 1.807) is 14.2 Å². The maximum Gasteiger partial charge on any atom is 0.0589 e. The number of nitrogens with zero attached hydrogens (tertiary/aromatic N) is 1. The highest BCUT2D eigenvalue weighted by Crippen LogP contribution is 2.26.